The van der Waals surface area contributed by atoms with Crippen LogP contribution in [0.25, 0.3) is 0 Å². The number of hydrogen-bond donors (Lipinski definition) is 1. The van der Waals surface area contributed by atoms with Crippen LogP contribution in [0.15, 0.2) is 41.0 Å². The summed E-state index contributed by atoms with van der Waals surface area (Å²) in [4.78, 5) is 14.4. The highest BCUT2D eigenvalue weighted by molar-refractivity contribution is 9.10. The van der Waals surface area contributed by atoms with Crippen molar-refractivity contribution in [3.05, 3.63) is 56.7 Å². The van der Waals surface area contributed by atoms with E-state index in [9.17, 15) is 15.2 Å². The molecule has 0 saturated heterocycles. The number of aromatic nitrogens is 1. The molecule has 0 aliphatic carbocycles. The second kappa shape index (κ2) is 5.98. The van der Waals surface area contributed by atoms with Gasteiger partial charge in [0.25, 0.3) is 5.69 Å². The first-order valence-corrected chi connectivity index (χ1v) is 6.53. The minimum Gasteiger partial charge on any atom is -0.437 e. The minimum atomic E-state index is -0.754. The molecule has 0 saturated carbocycles. The zero-order chi connectivity index (χ0) is 14.7. The molecule has 1 aromatic carbocycles. The summed E-state index contributed by atoms with van der Waals surface area (Å²) in [6.45, 7) is 1.59. The molecule has 1 aromatic heterocycles. The summed E-state index contributed by atoms with van der Waals surface area (Å²) in [6, 6.07) is 7.82. The van der Waals surface area contributed by atoms with Crippen LogP contribution in [-0.4, -0.2) is 15.0 Å². The summed E-state index contributed by atoms with van der Waals surface area (Å²) in [7, 11) is 0. The van der Waals surface area contributed by atoms with Crippen LogP contribution < -0.4 is 4.74 Å². The topological polar surface area (TPSA) is 85.5 Å². The molecule has 0 aliphatic rings. The van der Waals surface area contributed by atoms with Gasteiger partial charge in [0.05, 0.1) is 11.0 Å². The molecule has 0 amide bonds. The van der Waals surface area contributed by atoms with Crippen molar-refractivity contribution >= 4 is 21.6 Å². The first kappa shape index (κ1) is 14.4. The van der Waals surface area contributed by atoms with Crippen molar-refractivity contribution in [2.24, 2.45) is 0 Å². The highest BCUT2D eigenvalue weighted by Crippen LogP contribution is 2.37. The van der Waals surface area contributed by atoms with Gasteiger partial charge in [0, 0.05) is 17.8 Å². The number of aliphatic hydroxyl groups excluding tert-OH is 1. The monoisotopic (exact) mass is 338 g/mol. The summed E-state index contributed by atoms with van der Waals surface area (Å²) < 4.78 is 5.80. The molecular formula is C13H11BrN2O4. The number of nitrogens with zero attached hydrogens (tertiary/aromatic N) is 2. The van der Waals surface area contributed by atoms with Crippen molar-refractivity contribution in [3.8, 4) is 11.6 Å². The van der Waals surface area contributed by atoms with E-state index >= 15 is 0 Å². The molecule has 1 unspecified atom stereocenters. The number of nitro benzene ring substituents is 1. The molecule has 0 aliphatic heterocycles. The molecule has 6 nitrogen and oxygen atoms in total. The third-order valence-electron chi connectivity index (χ3n) is 2.60. The van der Waals surface area contributed by atoms with E-state index in [0.717, 1.165) is 0 Å². The van der Waals surface area contributed by atoms with E-state index in [1.54, 1.807) is 25.1 Å². The van der Waals surface area contributed by atoms with E-state index < -0.39 is 11.0 Å². The minimum absolute atomic E-state index is 0.1000. The number of rotatable bonds is 4. The van der Waals surface area contributed by atoms with Gasteiger partial charge in [-0.15, -0.1) is 0 Å². The second-order valence-electron chi connectivity index (χ2n) is 4.02. The van der Waals surface area contributed by atoms with Crippen LogP contribution in [0, 0.1) is 10.1 Å². The highest BCUT2D eigenvalue weighted by Gasteiger charge is 2.18. The van der Waals surface area contributed by atoms with Crippen molar-refractivity contribution < 1.29 is 14.8 Å². The van der Waals surface area contributed by atoms with Gasteiger partial charge in [0.15, 0.2) is 5.75 Å². The van der Waals surface area contributed by atoms with Crippen LogP contribution in [0.3, 0.4) is 0 Å². The Labute approximate surface area is 123 Å². The Morgan fingerprint density at radius 3 is 2.80 bits per heavy atom. The lowest BCUT2D eigenvalue weighted by molar-refractivity contribution is -0.385. The third-order valence-corrected chi connectivity index (χ3v) is 3.39. The fourth-order valence-electron chi connectivity index (χ4n) is 1.63. The van der Waals surface area contributed by atoms with Crippen LogP contribution >= 0.6 is 15.9 Å². The lowest BCUT2D eigenvalue weighted by Gasteiger charge is -2.12. The van der Waals surface area contributed by atoms with Crippen molar-refractivity contribution in [3.63, 3.8) is 0 Å². The molecule has 0 spiro atoms. The molecule has 0 bridgehead atoms. The maximum Gasteiger partial charge on any atom is 0.287 e. The Hall–Kier alpha value is -1.99. The van der Waals surface area contributed by atoms with Crippen LogP contribution in [-0.2, 0) is 0 Å². The Morgan fingerprint density at radius 1 is 1.40 bits per heavy atom. The summed E-state index contributed by atoms with van der Waals surface area (Å²) in [5, 5.41) is 20.5. The molecular weight excluding hydrogens is 328 g/mol. The predicted octanol–water partition coefficient (Wildman–Crippen LogP) is 3.60. The Morgan fingerprint density at radius 2 is 2.15 bits per heavy atom. The number of aliphatic hydroxyl groups is 1. The SMILES string of the molecule is CC(O)c1cccnc1Oc1cccc([N+](=O)[O-])c1Br. The molecule has 0 fully saturated rings. The van der Waals surface area contributed by atoms with Crippen molar-refractivity contribution in [2.75, 3.05) is 0 Å². The van der Waals surface area contributed by atoms with Crippen LogP contribution in [0.5, 0.6) is 11.6 Å². The third kappa shape index (κ3) is 2.94. The van der Waals surface area contributed by atoms with Crippen LogP contribution in [0.1, 0.15) is 18.6 Å². The Balaban J connectivity index is 2.41. The van der Waals surface area contributed by atoms with Crippen LogP contribution in [0.4, 0.5) is 5.69 Å². The first-order chi connectivity index (χ1) is 9.50. The van der Waals surface area contributed by atoms with E-state index in [2.05, 4.69) is 20.9 Å². The van der Waals surface area contributed by atoms with Gasteiger partial charge < -0.3 is 9.84 Å². The zero-order valence-electron chi connectivity index (χ0n) is 10.5. The second-order valence-corrected chi connectivity index (χ2v) is 4.82. The number of ether oxygens (including phenoxy) is 1. The van der Waals surface area contributed by atoms with Gasteiger partial charge in [-0.05, 0) is 41.1 Å². The maximum atomic E-state index is 10.9. The lowest BCUT2D eigenvalue weighted by Crippen LogP contribution is -1.99. The molecule has 1 N–H and O–H groups in total. The van der Waals surface area contributed by atoms with Crippen molar-refractivity contribution in [1.82, 2.24) is 4.98 Å². The quantitative estimate of drug-likeness (QED) is 0.679. The Kier molecular flexibility index (Phi) is 4.31. The van der Waals surface area contributed by atoms with Gasteiger partial charge in [-0.2, -0.15) is 0 Å². The molecule has 1 atom stereocenters. The summed E-state index contributed by atoms with van der Waals surface area (Å²) in [5.41, 5.74) is 0.405. The predicted molar refractivity (Wildman–Crippen MR) is 75.7 cm³/mol. The Bertz CT molecular complexity index is 646. The van der Waals surface area contributed by atoms with Gasteiger partial charge in [-0.3, -0.25) is 10.1 Å². The van der Waals surface area contributed by atoms with Crippen LogP contribution in [0.2, 0.25) is 0 Å². The average Bonchev–Trinajstić information content (AvgIpc) is 2.41. The van der Waals surface area contributed by atoms with Crippen molar-refractivity contribution in [2.45, 2.75) is 13.0 Å². The van der Waals surface area contributed by atoms with E-state index in [1.165, 1.54) is 18.3 Å². The number of hydrogen-bond acceptors (Lipinski definition) is 5. The zero-order valence-corrected chi connectivity index (χ0v) is 12.1. The fraction of sp³-hybridized carbons (Fsp3) is 0.154. The van der Waals surface area contributed by atoms with Gasteiger partial charge in [0.2, 0.25) is 5.88 Å². The van der Waals surface area contributed by atoms with Gasteiger partial charge in [-0.1, -0.05) is 6.07 Å². The average molecular weight is 339 g/mol. The number of pyridine rings is 1. The summed E-state index contributed by atoms with van der Waals surface area (Å²) in [6.07, 6.45) is 0.767. The molecule has 20 heavy (non-hydrogen) atoms. The lowest BCUT2D eigenvalue weighted by atomic mass is 10.2. The van der Waals surface area contributed by atoms with E-state index in [-0.39, 0.29) is 21.8 Å². The molecule has 0 radical (unpaired) electrons. The number of halogens is 1. The van der Waals surface area contributed by atoms with Crippen molar-refractivity contribution in [1.29, 1.82) is 0 Å². The molecule has 2 rings (SSSR count). The maximum absolute atomic E-state index is 10.9. The van der Waals surface area contributed by atoms with E-state index in [0.29, 0.717) is 5.56 Å². The normalized spacial score (nSPS) is 11.9. The van der Waals surface area contributed by atoms with Gasteiger partial charge >= 0.3 is 0 Å². The summed E-state index contributed by atoms with van der Waals surface area (Å²) in [5.74, 6) is 0.475. The first-order valence-electron chi connectivity index (χ1n) is 5.74. The molecule has 2 aromatic rings. The van der Waals surface area contributed by atoms with Gasteiger partial charge in [0.1, 0.15) is 4.47 Å². The standard InChI is InChI=1S/C13H11BrN2O4/c1-8(17)9-4-3-7-15-13(9)20-11-6-2-5-10(12(11)14)16(18)19/h2-8,17H,1H3. The largest absolute Gasteiger partial charge is 0.437 e. The fourth-order valence-corrected chi connectivity index (χ4v) is 2.12. The van der Waals surface area contributed by atoms with E-state index in [1.807, 2.05) is 0 Å². The molecule has 7 heteroatoms. The molecule has 104 valence electrons. The highest BCUT2D eigenvalue weighted by atomic mass is 79.9. The smallest absolute Gasteiger partial charge is 0.287 e. The number of benzene rings is 1. The molecule has 1 heterocycles. The van der Waals surface area contributed by atoms with E-state index in [4.69, 9.17) is 4.74 Å². The van der Waals surface area contributed by atoms with Gasteiger partial charge in [-0.25, -0.2) is 4.98 Å². The number of nitro groups is 1. The summed E-state index contributed by atoms with van der Waals surface area (Å²) >= 11 is 3.14.